The summed E-state index contributed by atoms with van der Waals surface area (Å²) in [5.41, 5.74) is 10.4. The zero-order chi connectivity index (χ0) is 15.9. The van der Waals surface area contributed by atoms with Gasteiger partial charge in [-0.15, -0.1) is 0 Å². The second-order valence-corrected chi connectivity index (χ2v) is 6.17. The molecule has 0 amide bonds. The van der Waals surface area contributed by atoms with Crippen molar-refractivity contribution in [3.05, 3.63) is 41.3 Å². The highest BCUT2D eigenvalue weighted by atomic mass is 19.1. The molecule has 2 aromatic rings. The lowest BCUT2D eigenvalue weighted by Crippen LogP contribution is -2.05. The van der Waals surface area contributed by atoms with Gasteiger partial charge in [0.05, 0.1) is 7.11 Å². The van der Waals surface area contributed by atoms with Gasteiger partial charge in [-0.05, 0) is 47.9 Å². The van der Waals surface area contributed by atoms with Gasteiger partial charge in [0, 0.05) is 29.1 Å². The first-order valence-electron chi connectivity index (χ1n) is 7.65. The summed E-state index contributed by atoms with van der Waals surface area (Å²) in [5.74, 6) is 0.808. The van der Waals surface area contributed by atoms with Crippen molar-refractivity contribution in [2.75, 3.05) is 12.8 Å². The van der Waals surface area contributed by atoms with Crippen molar-refractivity contribution in [3.8, 4) is 17.0 Å². The Kier molecular flexibility index (Phi) is 3.77. The lowest BCUT2D eigenvalue weighted by molar-refractivity contribution is 0.398. The van der Waals surface area contributed by atoms with Crippen molar-refractivity contribution in [1.82, 2.24) is 4.98 Å². The largest absolute Gasteiger partial charge is 0.481 e. The monoisotopic (exact) mass is 300 g/mol. The van der Waals surface area contributed by atoms with Crippen molar-refractivity contribution >= 4 is 5.69 Å². The summed E-state index contributed by atoms with van der Waals surface area (Å²) in [7, 11) is 1.57. The Labute approximate surface area is 130 Å². The van der Waals surface area contributed by atoms with Gasteiger partial charge in [0.15, 0.2) is 0 Å². The van der Waals surface area contributed by atoms with Crippen LogP contribution in [0.3, 0.4) is 0 Å². The number of nitrogens with zero attached hydrogens (tertiary/aromatic N) is 1. The Morgan fingerprint density at radius 2 is 2.05 bits per heavy atom. The number of nitrogen functional groups attached to an aromatic ring is 1. The molecular formula is C18H21FN2O. The van der Waals surface area contributed by atoms with E-state index in [-0.39, 0.29) is 17.7 Å². The molecule has 22 heavy (non-hydrogen) atoms. The Morgan fingerprint density at radius 3 is 2.64 bits per heavy atom. The van der Waals surface area contributed by atoms with Crippen molar-refractivity contribution < 1.29 is 9.13 Å². The fraction of sp³-hybridized carbons (Fsp3) is 0.389. The molecule has 1 aromatic carbocycles. The number of nitrogens with two attached hydrogens (primary N) is 1. The molecule has 3 rings (SSSR count). The van der Waals surface area contributed by atoms with Crippen LogP contribution in [0.2, 0.25) is 0 Å². The minimum Gasteiger partial charge on any atom is -0.481 e. The SMILES string of the molecule is COc1cc(-c2c(N)c(C(C)C)cc(F)c2C2CC2)ccn1. The first-order valence-corrected chi connectivity index (χ1v) is 7.65. The van der Waals surface area contributed by atoms with E-state index < -0.39 is 0 Å². The summed E-state index contributed by atoms with van der Waals surface area (Å²) in [4.78, 5) is 4.13. The molecule has 0 atom stereocenters. The normalized spacial score (nSPS) is 14.4. The molecule has 0 saturated heterocycles. The number of anilines is 1. The highest BCUT2D eigenvalue weighted by Gasteiger charge is 2.32. The van der Waals surface area contributed by atoms with Gasteiger partial charge in [-0.3, -0.25) is 0 Å². The molecule has 1 aliphatic rings. The van der Waals surface area contributed by atoms with E-state index in [1.165, 1.54) is 0 Å². The van der Waals surface area contributed by atoms with Crippen LogP contribution in [0.25, 0.3) is 11.1 Å². The van der Waals surface area contributed by atoms with Gasteiger partial charge < -0.3 is 10.5 Å². The second kappa shape index (κ2) is 5.59. The van der Waals surface area contributed by atoms with Crippen LogP contribution in [-0.4, -0.2) is 12.1 Å². The number of pyridine rings is 1. The maximum Gasteiger partial charge on any atom is 0.213 e. The van der Waals surface area contributed by atoms with E-state index in [0.29, 0.717) is 11.6 Å². The summed E-state index contributed by atoms with van der Waals surface area (Å²) in [6.45, 7) is 4.05. The molecule has 1 fully saturated rings. The third-order valence-electron chi connectivity index (χ3n) is 4.23. The first kappa shape index (κ1) is 14.8. The highest BCUT2D eigenvalue weighted by molar-refractivity contribution is 5.83. The van der Waals surface area contributed by atoms with Gasteiger partial charge in [-0.1, -0.05) is 13.8 Å². The van der Waals surface area contributed by atoms with E-state index >= 15 is 0 Å². The Bertz CT molecular complexity index is 708. The lowest BCUT2D eigenvalue weighted by atomic mass is 9.89. The number of halogens is 1. The summed E-state index contributed by atoms with van der Waals surface area (Å²) in [5, 5.41) is 0. The third-order valence-corrected chi connectivity index (χ3v) is 4.23. The van der Waals surface area contributed by atoms with Crippen LogP contribution in [0.5, 0.6) is 5.88 Å². The van der Waals surface area contributed by atoms with Crippen LogP contribution in [0.1, 0.15) is 49.7 Å². The molecular weight excluding hydrogens is 279 g/mol. The summed E-state index contributed by atoms with van der Waals surface area (Å²) < 4.78 is 19.9. The van der Waals surface area contributed by atoms with Crippen molar-refractivity contribution in [1.29, 1.82) is 0 Å². The standard InChI is InChI=1S/C18H21FN2O/c1-10(2)13-9-14(19)16(11-4-5-11)17(18(13)20)12-6-7-21-15(8-12)22-3/h6-11H,4-5,20H2,1-3H3. The van der Waals surface area contributed by atoms with E-state index in [9.17, 15) is 4.39 Å². The van der Waals surface area contributed by atoms with Crippen LogP contribution in [0.4, 0.5) is 10.1 Å². The van der Waals surface area contributed by atoms with Crippen LogP contribution in [0, 0.1) is 5.82 Å². The zero-order valence-electron chi connectivity index (χ0n) is 13.2. The van der Waals surface area contributed by atoms with Crippen LogP contribution in [-0.2, 0) is 0 Å². The molecule has 2 N–H and O–H groups in total. The molecule has 1 saturated carbocycles. The molecule has 0 bridgehead atoms. The van der Waals surface area contributed by atoms with Gasteiger partial charge >= 0.3 is 0 Å². The van der Waals surface area contributed by atoms with Gasteiger partial charge in [0.2, 0.25) is 5.88 Å². The summed E-state index contributed by atoms with van der Waals surface area (Å²) in [6, 6.07) is 5.29. The fourth-order valence-electron chi connectivity index (χ4n) is 2.94. The number of benzene rings is 1. The van der Waals surface area contributed by atoms with E-state index in [4.69, 9.17) is 10.5 Å². The molecule has 1 aromatic heterocycles. The van der Waals surface area contributed by atoms with Crippen molar-refractivity contribution in [2.45, 2.75) is 38.5 Å². The van der Waals surface area contributed by atoms with E-state index in [2.05, 4.69) is 4.98 Å². The number of hydrogen-bond donors (Lipinski definition) is 1. The van der Waals surface area contributed by atoms with Crippen molar-refractivity contribution in [2.24, 2.45) is 0 Å². The molecule has 0 unspecified atom stereocenters. The smallest absolute Gasteiger partial charge is 0.213 e. The van der Waals surface area contributed by atoms with Crippen LogP contribution in [0.15, 0.2) is 24.4 Å². The number of methoxy groups -OCH3 is 1. The predicted octanol–water partition coefficient (Wildman–Crippen LogP) is 4.48. The molecule has 0 aliphatic heterocycles. The number of ether oxygens (including phenoxy) is 1. The molecule has 4 heteroatoms. The quantitative estimate of drug-likeness (QED) is 0.847. The minimum atomic E-state index is -0.147. The van der Waals surface area contributed by atoms with Gasteiger partial charge in [0.1, 0.15) is 5.82 Å². The van der Waals surface area contributed by atoms with E-state index in [1.807, 2.05) is 26.0 Å². The van der Waals surface area contributed by atoms with Crippen LogP contribution < -0.4 is 10.5 Å². The Balaban J connectivity index is 2.27. The van der Waals surface area contributed by atoms with Crippen molar-refractivity contribution in [3.63, 3.8) is 0 Å². The molecule has 1 aliphatic carbocycles. The highest BCUT2D eigenvalue weighted by Crippen LogP contribution is 2.49. The Morgan fingerprint density at radius 1 is 1.32 bits per heavy atom. The zero-order valence-corrected chi connectivity index (χ0v) is 13.2. The molecule has 1 heterocycles. The lowest BCUT2D eigenvalue weighted by Gasteiger charge is -2.19. The maximum atomic E-state index is 14.7. The number of aromatic nitrogens is 1. The van der Waals surface area contributed by atoms with Crippen LogP contribution >= 0.6 is 0 Å². The van der Waals surface area contributed by atoms with Gasteiger partial charge in [-0.25, -0.2) is 9.37 Å². The minimum absolute atomic E-state index is 0.147. The number of rotatable bonds is 4. The first-order chi connectivity index (χ1) is 10.5. The van der Waals surface area contributed by atoms with E-state index in [0.717, 1.165) is 35.1 Å². The average Bonchev–Trinajstić information content (AvgIpc) is 3.33. The summed E-state index contributed by atoms with van der Waals surface area (Å²) in [6.07, 6.45) is 3.71. The second-order valence-electron chi connectivity index (χ2n) is 6.17. The summed E-state index contributed by atoms with van der Waals surface area (Å²) >= 11 is 0. The third kappa shape index (κ3) is 2.54. The predicted molar refractivity (Wildman–Crippen MR) is 86.7 cm³/mol. The average molecular weight is 300 g/mol. The number of hydrogen-bond acceptors (Lipinski definition) is 3. The maximum absolute atomic E-state index is 14.7. The molecule has 3 nitrogen and oxygen atoms in total. The topological polar surface area (TPSA) is 48.1 Å². The Hall–Kier alpha value is -2.10. The molecule has 0 radical (unpaired) electrons. The molecule has 116 valence electrons. The van der Waals surface area contributed by atoms with E-state index in [1.54, 1.807) is 19.4 Å². The fourth-order valence-corrected chi connectivity index (χ4v) is 2.94. The van der Waals surface area contributed by atoms with Gasteiger partial charge in [0.25, 0.3) is 0 Å². The molecule has 0 spiro atoms. The van der Waals surface area contributed by atoms with Gasteiger partial charge in [-0.2, -0.15) is 0 Å².